The molecule has 0 saturated carbocycles. The van der Waals surface area contributed by atoms with Crippen molar-refractivity contribution in [2.45, 2.75) is 12.4 Å². The first-order valence-corrected chi connectivity index (χ1v) is 7.44. The lowest BCUT2D eigenvalue weighted by Crippen LogP contribution is -2.14. The van der Waals surface area contributed by atoms with Crippen LogP contribution in [0.4, 0.5) is 26.3 Å². The van der Waals surface area contributed by atoms with Gasteiger partial charge < -0.3 is 0 Å². The summed E-state index contributed by atoms with van der Waals surface area (Å²) in [6, 6.07) is 4.69. The van der Waals surface area contributed by atoms with Crippen LogP contribution in [0.1, 0.15) is 11.3 Å². The van der Waals surface area contributed by atoms with E-state index in [9.17, 15) is 26.3 Å². The van der Waals surface area contributed by atoms with E-state index in [-0.39, 0.29) is 16.9 Å². The van der Waals surface area contributed by atoms with Crippen LogP contribution in [0.5, 0.6) is 0 Å². The average Bonchev–Trinajstić information content (AvgIpc) is 2.86. The van der Waals surface area contributed by atoms with Gasteiger partial charge in [-0.25, -0.2) is 9.50 Å². The molecular weight excluding hydrogens is 451 g/mol. The van der Waals surface area contributed by atoms with Crippen LogP contribution in [0.2, 0.25) is 0 Å². The molecule has 2 aromatic heterocycles. The summed E-state index contributed by atoms with van der Waals surface area (Å²) in [5, 5.41) is 3.62. The number of nitrogens with zero attached hydrogens (tertiary/aromatic N) is 3. The highest BCUT2D eigenvalue weighted by molar-refractivity contribution is 14.1. The molecule has 0 N–H and O–H groups in total. The van der Waals surface area contributed by atoms with E-state index < -0.39 is 23.6 Å². The molecule has 0 fully saturated rings. The van der Waals surface area contributed by atoms with E-state index in [2.05, 4.69) is 10.1 Å². The quantitative estimate of drug-likeness (QED) is 0.379. The fourth-order valence-corrected chi connectivity index (χ4v) is 2.61. The first kappa shape index (κ1) is 17.0. The predicted octanol–water partition coefficient (Wildman–Crippen LogP) is 5.04. The Bertz CT molecular complexity index is 913. The first-order chi connectivity index (χ1) is 11.1. The van der Waals surface area contributed by atoms with Gasteiger partial charge in [-0.05, 0) is 40.8 Å². The fraction of sp³-hybridized carbons (Fsp3) is 0.143. The lowest BCUT2D eigenvalue weighted by atomic mass is 10.1. The Morgan fingerprint density at radius 2 is 1.67 bits per heavy atom. The standard InChI is InChI=1S/C14H6F6IN3/c15-13(16,17)8-3-1-2-7(4-8)10-5-11(14(18,19)20)24-12(23-10)9(21)6-22-24/h1-6H. The number of hydrogen-bond acceptors (Lipinski definition) is 2. The number of rotatable bonds is 1. The number of fused-ring (bicyclic) bond motifs is 1. The van der Waals surface area contributed by atoms with Gasteiger partial charge in [-0.1, -0.05) is 12.1 Å². The molecule has 0 amide bonds. The predicted molar refractivity (Wildman–Crippen MR) is 81.1 cm³/mol. The maximum absolute atomic E-state index is 13.2. The van der Waals surface area contributed by atoms with Crippen molar-refractivity contribution in [2.24, 2.45) is 0 Å². The number of aromatic nitrogens is 3. The average molecular weight is 457 g/mol. The van der Waals surface area contributed by atoms with Crippen molar-refractivity contribution in [3.05, 3.63) is 51.4 Å². The van der Waals surface area contributed by atoms with Gasteiger partial charge in [0.15, 0.2) is 11.3 Å². The minimum absolute atomic E-state index is 0.0603. The Morgan fingerprint density at radius 1 is 0.958 bits per heavy atom. The van der Waals surface area contributed by atoms with Gasteiger partial charge in [0.1, 0.15) is 0 Å². The van der Waals surface area contributed by atoms with Crippen LogP contribution < -0.4 is 0 Å². The maximum atomic E-state index is 13.2. The summed E-state index contributed by atoms with van der Waals surface area (Å²) in [4.78, 5) is 4.03. The largest absolute Gasteiger partial charge is 0.433 e. The minimum Gasteiger partial charge on any atom is -0.227 e. The van der Waals surface area contributed by atoms with E-state index in [1.165, 1.54) is 12.3 Å². The van der Waals surface area contributed by atoms with Crippen molar-refractivity contribution in [1.82, 2.24) is 14.6 Å². The molecule has 2 heterocycles. The minimum atomic E-state index is -4.73. The first-order valence-electron chi connectivity index (χ1n) is 6.36. The zero-order valence-electron chi connectivity index (χ0n) is 11.5. The number of hydrogen-bond donors (Lipinski definition) is 0. The van der Waals surface area contributed by atoms with E-state index in [0.29, 0.717) is 14.2 Å². The highest BCUT2D eigenvalue weighted by Gasteiger charge is 2.36. The van der Waals surface area contributed by atoms with Crippen LogP contribution in [-0.2, 0) is 12.4 Å². The monoisotopic (exact) mass is 457 g/mol. The van der Waals surface area contributed by atoms with Crippen molar-refractivity contribution in [1.29, 1.82) is 0 Å². The molecular formula is C14H6F6IN3. The van der Waals surface area contributed by atoms with E-state index in [4.69, 9.17) is 0 Å². The zero-order valence-corrected chi connectivity index (χ0v) is 13.6. The van der Waals surface area contributed by atoms with Gasteiger partial charge >= 0.3 is 12.4 Å². The summed E-state index contributed by atoms with van der Waals surface area (Å²) >= 11 is 1.76. The molecule has 0 spiro atoms. The van der Waals surface area contributed by atoms with Gasteiger partial charge in [-0.3, -0.25) is 0 Å². The number of halogens is 7. The molecule has 0 radical (unpaired) electrons. The summed E-state index contributed by atoms with van der Waals surface area (Å²) in [5.41, 5.74) is -2.41. The van der Waals surface area contributed by atoms with E-state index in [0.717, 1.165) is 18.2 Å². The molecule has 126 valence electrons. The van der Waals surface area contributed by atoms with Crippen molar-refractivity contribution in [3.8, 4) is 11.3 Å². The smallest absolute Gasteiger partial charge is 0.227 e. The summed E-state index contributed by atoms with van der Waals surface area (Å²) in [6.45, 7) is 0. The van der Waals surface area contributed by atoms with Gasteiger partial charge in [0.05, 0.1) is 21.0 Å². The Balaban J connectivity index is 2.26. The number of alkyl halides is 6. The molecule has 1 aromatic carbocycles. The summed E-state index contributed by atoms with van der Waals surface area (Å²) < 4.78 is 79.1. The van der Waals surface area contributed by atoms with E-state index in [1.807, 2.05) is 0 Å². The molecule has 3 rings (SSSR count). The van der Waals surface area contributed by atoms with E-state index in [1.54, 1.807) is 22.6 Å². The molecule has 24 heavy (non-hydrogen) atoms. The van der Waals surface area contributed by atoms with E-state index >= 15 is 0 Å². The van der Waals surface area contributed by atoms with Crippen molar-refractivity contribution in [2.75, 3.05) is 0 Å². The molecule has 0 bridgehead atoms. The number of benzene rings is 1. The summed E-state index contributed by atoms with van der Waals surface area (Å²) in [7, 11) is 0. The lowest BCUT2D eigenvalue weighted by Gasteiger charge is -2.12. The van der Waals surface area contributed by atoms with Gasteiger partial charge in [0, 0.05) is 5.56 Å². The van der Waals surface area contributed by atoms with Crippen LogP contribution in [-0.4, -0.2) is 14.6 Å². The van der Waals surface area contributed by atoms with Crippen LogP contribution in [0.15, 0.2) is 36.5 Å². The second-order valence-corrected chi connectivity index (χ2v) is 5.99. The maximum Gasteiger partial charge on any atom is 0.433 e. The zero-order chi connectivity index (χ0) is 17.7. The Kier molecular flexibility index (Phi) is 3.97. The van der Waals surface area contributed by atoms with Crippen molar-refractivity contribution < 1.29 is 26.3 Å². The molecule has 0 saturated heterocycles. The Labute approximate surface area is 144 Å². The van der Waals surface area contributed by atoms with Gasteiger partial charge in [0.25, 0.3) is 0 Å². The molecule has 10 heteroatoms. The van der Waals surface area contributed by atoms with Crippen LogP contribution in [0.25, 0.3) is 16.9 Å². The van der Waals surface area contributed by atoms with Crippen LogP contribution in [0, 0.1) is 3.57 Å². The summed E-state index contributed by atoms with van der Waals surface area (Å²) in [5.74, 6) is 0. The molecule has 0 aliphatic heterocycles. The highest BCUT2D eigenvalue weighted by Crippen LogP contribution is 2.35. The second-order valence-electron chi connectivity index (χ2n) is 4.83. The second kappa shape index (κ2) is 5.60. The van der Waals surface area contributed by atoms with Crippen molar-refractivity contribution >= 4 is 28.2 Å². The third-order valence-corrected chi connectivity index (χ3v) is 3.97. The van der Waals surface area contributed by atoms with Gasteiger partial charge in [-0.2, -0.15) is 31.4 Å². The van der Waals surface area contributed by atoms with Crippen LogP contribution >= 0.6 is 22.6 Å². The third-order valence-electron chi connectivity index (χ3n) is 3.20. The molecule has 3 nitrogen and oxygen atoms in total. The fourth-order valence-electron chi connectivity index (χ4n) is 2.14. The molecule has 0 aliphatic carbocycles. The normalized spacial score (nSPS) is 12.8. The topological polar surface area (TPSA) is 30.2 Å². The Morgan fingerprint density at radius 3 is 2.29 bits per heavy atom. The Hall–Kier alpha value is -1.85. The van der Waals surface area contributed by atoms with Gasteiger partial charge in [0.2, 0.25) is 0 Å². The molecule has 0 unspecified atom stereocenters. The lowest BCUT2D eigenvalue weighted by molar-refractivity contribution is -0.142. The third kappa shape index (κ3) is 3.06. The molecule has 3 aromatic rings. The molecule has 0 atom stereocenters. The summed E-state index contributed by atoms with van der Waals surface area (Å²) in [6.07, 6.45) is -8.13. The SMILES string of the molecule is FC(F)(F)c1cccc(-c2cc(C(F)(F)F)n3ncc(I)c3n2)c1. The van der Waals surface area contributed by atoms with Gasteiger partial charge in [-0.15, -0.1) is 0 Å². The van der Waals surface area contributed by atoms with Crippen molar-refractivity contribution in [3.63, 3.8) is 0 Å². The highest BCUT2D eigenvalue weighted by atomic mass is 127. The molecule has 0 aliphatic rings. The van der Waals surface area contributed by atoms with Crippen LogP contribution in [0.3, 0.4) is 0 Å².